The van der Waals surface area contributed by atoms with E-state index in [0.717, 1.165) is 26.2 Å². The average Bonchev–Trinajstić information content (AvgIpc) is 2.89. The van der Waals surface area contributed by atoms with E-state index in [1.807, 2.05) is 4.90 Å². The lowest BCUT2D eigenvalue weighted by molar-refractivity contribution is 0.0766. The molecule has 0 radical (unpaired) electrons. The third-order valence-corrected chi connectivity index (χ3v) is 3.40. The van der Waals surface area contributed by atoms with E-state index in [1.165, 1.54) is 0 Å². The quantitative estimate of drug-likeness (QED) is 0.704. The first-order valence-corrected chi connectivity index (χ1v) is 5.54. The molecule has 16 heavy (non-hydrogen) atoms. The lowest BCUT2D eigenvalue weighted by Crippen LogP contribution is -2.32. The summed E-state index contributed by atoms with van der Waals surface area (Å²) in [4.78, 5) is 17.8. The lowest BCUT2D eigenvalue weighted by Gasteiger charge is -2.14. The number of rotatable bonds is 1. The fourth-order valence-corrected chi connectivity index (χ4v) is 2.55. The van der Waals surface area contributed by atoms with Crippen LogP contribution in [0.4, 0.5) is 0 Å². The number of hydrogen-bond acceptors (Lipinski definition) is 5. The van der Waals surface area contributed by atoms with Crippen molar-refractivity contribution < 1.29 is 9.32 Å². The zero-order valence-electron chi connectivity index (χ0n) is 9.14. The average molecular weight is 222 g/mol. The highest BCUT2D eigenvalue weighted by atomic mass is 16.5. The summed E-state index contributed by atoms with van der Waals surface area (Å²) in [5, 5.41) is 7.00. The number of aromatic nitrogens is 2. The molecule has 1 aromatic rings. The van der Waals surface area contributed by atoms with Crippen LogP contribution in [-0.4, -0.2) is 47.1 Å². The Labute approximate surface area is 93.0 Å². The van der Waals surface area contributed by atoms with E-state index in [-0.39, 0.29) is 11.7 Å². The molecule has 0 bridgehead atoms. The molecule has 86 valence electrons. The second-order valence-corrected chi connectivity index (χ2v) is 4.53. The van der Waals surface area contributed by atoms with E-state index in [0.29, 0.717) is 17.7 Å². The van der Waals surface area contributed by atoms with Crippen LogP contribution in [0.2, 0.25) is 0 Å². The van der Waals surface area contributed by atoms with Gasteiger partial charge in [0.05, 0.1) is 0 Å². The summed E-state index contributed by atoms with van der Waals surface area (Å²) in [5.41, 5.74) is 0. The minimum Gasteiger partial charge on any atom is -0.339 e. The van der Waals surface area contributed by atoms with Gasteiger partial charge in [-0.3, -0.25) is 4.79 Å². The number of hydrogen-bond donors (Lipinski definition) is 1. The minimum absolute atomic E-state index is 0.105. The minimum atomic E-state index is -0.105. The number of fused-ring (bicyclic) bond motifs is 1. The molecule has 2 aliphatic heterocycles. The Hall–Kier alpha value is -1.43. The van der Waals surface area contributed by atoms with Crippen molar-refractivity contribution in [1.82, 2.24) is 20.4 Å². The lowest BCUT2D eigenvalue weighted by atomic mass is 10.0. The Morgan fingerprint density at radius 2 is 2.12 bits per heavy atom. The molecule has 0 saturated carbocycles. The van der Waals surface area contributed by atoms with Crippen LogP contribution in [-0.2, 0) is 0 Å². The van der Waals surface area contributed by atoms with Crippen LogP contribution < -0.4 is 5.32 Å². The van der Waals surface area contributed by atoms with E-state index in [1.54, 1.807) is 6.92 Å². The summed E-state index contributed by atoms with van der Waals surface area (Å²) >= 11 is 0. The van der Waals surface area contributed by atoms with Gasteiger partial charge in [-0.2, -0.15) is 4.98 Å². The highest BCUT2D eigenvalue weighted by molar-refractivity contribution is 5.90. The summed E-state index contributed by atoms with van der Waals surface area (Å²) in [5.74, 6) is 1.70. The summed E-state index contributed by atoms with van der Waals surface area (Å²) < 4.78 is 4.82. The zero-order chi connectivity index (χ0) is 11.1. The molecule has 3 heterocycles. The highest BCUT2D eigenvalue weighted by Gasteiger charge is 2.39. The normalized spacial score (nSPS) is 28.4. The number of carbonyl (C=O) groups excluding carboxylic acids is 1. The van der Waals surface area contributed by atoms with E-state index < -0.39 is 0 Å². The van der Waals surface area contributed by atoms with E-state index >= 15 is 0 Å². The Balaban J connectivity index is 1.73. The zero-order valence-corrected chi connectivity index (χ0v) is 9.14. The van der Waals surface area contributed by atoms with Crippen molar-refractivity contribution in [2.24, 2.45) is 11.8 Å². The van der Waals surface area contributed by atoms with Gasteiger partial charge in [0.2, 0.25) is 5.89 Å². The molecule has 1 aromatic heterocycles. The number of nitrogens with one attached hydrogen (secondary N) is 1. The standard InChI is InChI=1S/C10H14N4O2/c1-6-12-9(13-16-6)10(15)14-4-7-2-11-3-8(7)5-14/h7-8,11H,2-5H2,1H3/t7-,8+. The first-order chi connectivity index (χ1) is 7.74. The van der Waals surface area contributed by atoms with Crippen molar-refractivity contribution in [3.8, 4) is 0 Å². The van der Waals surface area contributed by atoms with E-state index in [2.05, 4.69) is 15.5 Å². The van der Waals surface area contributed by atoms with Crippen molar-refractivity contribution in [2.45, 2.75) is 6.92 Å². The molecular formula is C10H14N4O2. The second kappa shape index (κ2) is 3.55. The van der Waals surface area contributed by atoms with E-state index in [4.69, 9.17) is 4.52 Å². The summed E-state index contributed by atoms with van der Waals surface area (Å²) in [7, 11) is 0. The van der Waals surface area contributed by atoms with Gasteiger partial charge in [-0.1, -0.05) is 5.16 Å². The molecule has 3 rings (SSSR count). The van der Waals surface area contributed by atoms with E-state index in [9.17, 15) is 4.79 Å². The summed E-state index contributed by atoms with van der Waals surface area (Å²) in [6.07, 6.45) is 0. The van der Waals surface area contributed by atoms with Crippen molar-refractivity contribution in [2.75, 3.05) is 26.2 Å². The third-order valence-electron chi connectivity index (χ3n) is 3.40. The topological polar surface area (TPSA) is 71.3 Å². The fraction of sp³-hybridized carbons (Fsp3) is 0.700. The fourth-order valence-electron chi connectivity index (χ4n) is 2.55. The van der Waals surface area contributed by atoms with Crippen molar-refractivity contribution in [3.05, 3.63) is 11.7 Å². The molecule has 1 amide bonds. The van der Waals surface area contributed by atoms with Gasteiger partial charge in [-0.05, 0) is 11.8 Å². The molecule has 6 heteroatoms. The van der Waals surface area contributed by atoms with Crippen molar-refractivity contribution in [1.29, 1.82) is 0 Å². The first-order valence-electron chi connectivity index (χ1n) is 5.54. The first kappa shape index (κ1) is 9.77. The number of nitrogens with zero attached hydrogens (tertiary/aromatic N) is 3. The predicted octanol–water partition coefficient (Wildman–Crippen LogP) is -0.331. The maximum atomic E-state index is 12.0. The van der Waals surface area contributed by atoms with Crippen LogP contribution >= 0.6 is 0 Å². The number of likely N-dealkylation sites (tertiary alicyclic amines) is 1. The molecular weight excluding hydrogens is 208 g/mol. The van der Waals surface area contributed by atoms with Crippen molar-refractivity contribution in [3.63, 3.8) is 0 Å². The Bertz CT molecular complexity index is 405. The molecule has 2 atom stereocenters. The predicted molar refractivity (Wildman–Crippen MR) is 54.8 cm³/mol. The molecule has 6 nitrogen and oxygen atoms in total. The smallest absolute Gasteiger partial charge is 0.295 e. The van der Waals surface area contributed by atoms with Gasteiger partial charge < -0.3 is 14.7 Å². The maximum absolute atomic E-state index is 12.0. The number of aryl methyl sites for hydroxylation is 1. The largest absolute Gasteiger partial charge is 0.339 e. The van der Waals surface area contributed by atoms with Gasteiger partial charge in [0.15, 0.2) is 0 Å². The third kappa shape index (κ3) is 1.49. The number of amides is 1. The monoisotopic (exact) mass is 222 g/mol. The van der Waals surface area contributed by atoms with Crippen LogP contribution in [0.25, 0.3) is 0 Å². The second-order valence-electron chi connectivity index (χ2n) is 4.53. The van der Waals surface area contributed by atoms with Gasteiger partial charge in [0.1, 0.15) is 0 Å². The van der Waals surface area contributed by atoms with Gasteiger partial charge in [-0.15, -0.1) is 0 Å². The van der Waals surface area contributed by atoms with Gasteiger partial charge in [0.25, 0.3) is 11.7 Å². The van der Waals surface area contributed by atoms with Crippen LogP contribution in [0.3, 0.4) is 0 Å². The molecule has 0 spiro atoms. The van der Waals surface area contributed by atoms with Gasteiger partial charge in [-0.25, -0.2) is 0 Å². The van der Waals surface area contributed by atoms with Gasteiger partial charge >= 0.3 is 0 Å². The molecule has 0 aliphatic carbocycles. The molecule has 0 unspecified atom stereocenters. The number of carbonyl (C=O) groups is 1. The SMILES string of the molecule is Cc1nc(C(=O)N2C[C@H]3CNC[C@H]3C2)no1. The Morgan fingerprint density at radius 1 is 1.44 bits per heavy atom. The van der Waals surface area contributed by atoms with Gasteiger partial charge in [0, 0.05) is 33.1 Å². The summed E-state index contributed by atoms with van der Waals surface area (Å²) in [6, 6.07) is 0. The summed E-state index contributed by atoms with van der Waals surface area (Å²) in [6.45, 7) is 5.33. The van der Waals surface area contributed by atoms with Crippen molar-refractivity contribution >= 4 is 5.91 Å². The molecule has 2 fully saturated rings. The molecule has 2 aliphatic rings. The van der Waals surface area contributed by atoms with Crippen LogP contribution in [0.15, 0.2) is 4.52 Å². The Kier molecular flexibility index (Phi) is 2.17. The molecule has 1 N–H and O–H groups in total. The molecule has 2 saturated heterocycles. The van der Waals surface area contributed by atoms with Crippen LogP contribution in [0, 0.1) is 18.8 Å². The Morgan fingerprint density at radius 3 is 2.69 bits per heavy atom. The molecule has 0 aromatic carbocycles. The maximum Gasteiger partial charge on any atom is 0.295 e. The van der Waals surface area contributed by atoms with Crippen LogP contribution in [0.5, 0.6) is 0 Å². The highest BCUT2D eigenvalue weighted by Crippen LogP contribution is 2.26. The van der Waals surface area contributed by atoms with Crippen LogP contribution in [0.1, 0.15) is 16.5 Å².